The van der Waals surface area contributed by atoms with Crippen LogP contribution in [0.25, 0.3) is 0 Å². The first kappa shape index (κ1) is 17.2. The van der Waals surface area contributed by atoms with Gasteiger partial charge in [0.25, 0.3) is 5.91 Å². The average Bonchev–Trinajstić information content (AvgIpc) is 3.17. The molecule has 7 nitrogen and oxygen atoms in total. The Kier molecular flexibility index (Phi) is 4.28. The van der Waals surface area contributed by atoms with E-state index in [9.17, 15) is 9.90 Å². The third-order valence-electron chi connectivity index (χ3n) is 5.42. The van der Waals surface area contributed by atoms with E-state index < -0.39 is 6.10 Å². The van der Waals surface area contributed by atoms with Gasteiger partial charge in [-0.3, -0.25) is 9.69 Å². The van der Waals surface area contributed by atoms with Gasteiger partial charge in [-0.1, -0.05) is 17.7 Å². The van der Waals surface area contributed by atoms with Crippen LogP contribution in [0.5, 0.6) is 0 Å². The molecule has 0 unspecified atom stereocenters. The summed E-state index contributed by atoms with van der Waals surface area (Å²) in [5.74, 6) is 1.67. The van der Waals surface area contributed by atoms with E-state index in [-0.39, 0.29) is 11.9 Å². The number of aliphatic hydroxyl groups is 1. The van der Waals surface area contributed by atoms with Crippen LogP contribution in [0.3, 0.4) is 0 Å². The van der Waals surface area contributed by atoms with Crippen molar-refractivity contribution in [2.24, 2.45) is 0 Å². The van der Waals surface area contributed by atoms with Gasteiger partial charge >= 0.3 is 0 Å². The Morgan fingerprint density at radius 3 is 2.81 bits per heavy atom. The van der Waals surface area contributed by atoms with Crippen molar-refractivity contribution >= 4 is 5.91 Å². The minimum Gasteiger partial charge on any atom is -0.391 e. The number of amides is 1. The minimum absolute atomic E-state index is 0.0469. The molecule has 2 aliphatic heterocycles. The van der Waals surface area contributed by atoms with E-state index in [1.807, 2.05) is 32.0 Å². The molecule has 3 heterocycles. The maximum absolute atomic E-state index is 13.2. The molecule has 4 rings (SSSR count). The van der Waals surface area contributed by atoms with Crippen LogP contribution in [0.2, 0.25) is 0 Å². The fourth-order valence-corrected chi connectivity index (χ4v) is 4.04. The zero-order chi connectivity index (χ0) is 18.4. The number of aromatic nitrogens is 3. The van der Waals surface area contributed by atoms with Crippen LogP contribution in [-0.4, -0.2) is 61.8 Å². The van der Waals surface area contributed by atoms with Gasteiger partial charge in [-0.25, -0.2) is 0 Å². The van der Waals surface area contributed by atoms with Crippen molar-refractivity contribution in [3.8, 4) is 0 Å². The second kappa shape index (κ2) is 6.48. The molecule has 0 saturated carbocycles. The molecular weight excluding hydrogens is 330 g/mol. The van der Waals surface area contributed by atoms with Crippen LogP contribution in [0.1, 0.15) is 45.6 Å². The van der Waals surface area contributed by atoms with E-state index in [1.54, 1.807) is 4.90 Å². The van der Waals surface area contributed by atoms with Crippen LogP contribution >= 0.6 is 0 Å². The van der Waals surface area contributed by atoms with Gasteiger partial charge in [-0.05, 0) is 32.5 Å². The predicted molar refractivity (Wildman–Crippen MR) is 96.7 cm³/mol. The summed E-state index contributed by atoms with van der Waals surface area (Å²) >= 11 is 0. The van der Waals surface area contributed by atoms with Crippen molar-refractivity contribution < 1.29 is 9.90 Å². The molecule has 0 radical (unpaired) electrons. The van der Waals surface area contributed by atoms with Crippen LogP contribution < -0.4 is 0 Å². The Morgan fingerprint density at radius 1 is 1.23 bits per heavy atom. The summed E-state index contributed by atoms with van der Waals surface area (Å²) in [7, 11) is 2.06. The van der Waals surface area contributed by atoms with Gasteiger partial charge in [0.2, 0.25) is 0 Å². The van der Waals surface area contributed by atoms with Gasteiger partial charge in [0.1, 0.15) is 5.82 Å². The Balaban J connectivity index is 1.67. The lowest BCUT2D eigenvalue weighted by Crippen LogP contribution is -2.35. The molecule has 138 valence electrons. The normalized spacial score (nSPS) is 23.3. The van der Waals surface area contributed by atoms with Crippen LogP contribution in [0.15, 0.2) is 18.2 Å². The van der Waals surface area contributed by atoms with Crippen LogP contribution in [0, 0.1) is 13.8 Å². The number of rotatable bonds is 2. The minimum atomic E-state index is -0.533. The summed E-state index contributed by atoms with van der Waals surface area (Å²) in [6.07, 6.45) is -0.0288. The lowest BCUT2D eigenvalue weighted by atomic mass is 10.0. The molecule has 1 fully saturated rings. The summed E-state index contributed by atoms with van der Waals surface area (Å²) in [4.78, 5) is 17.2. The fourth-order valence-electron chi connectivity index (χ4n) is 4.04. The smallest absolute Gasteiger partial charge is 0.254 e. The standard InChI is InChI=1S/C19H25N5O2/c1-12-4-5-15(13(2)8-12)19(26)24-10-14(25)9-16(24)18-21-20-17-11-22(3)6-7-23(17)18/h4-5,8,14,16,25H,6-7,9-11H2,1-3H3/t14-,16-/m0/s1. The Labute approximate surface area is 153 Å². The first-order valence-corrected chi connectivity index (χ1v) is 9.11. The molecule has 0 spiro atoms. The zero-order valence-corrected chi connectivity index (χ0v) is 15.5. The zero-order valence-electron chi connectivity index (χ0n) is 15.5. The highest BCUT2D eigenvalue weighted by atomic mass is 16.3. The molecule has 2 atom stereocenters. The van der Waals surface area contributed by atoms with Gasteiger partial charge in [-0.2, -0.15) is 0 Å². The Bertz CT molecular complexity index is 846. The number of β-amino-alcohol motifs (C(OH)–C–C–N with tert-alkyl or cyclic N) is 1. The summed E-state index contributed by atoms with van der Waals surface area (Å²) in [5.41, 5.74) is 2.78. The van der Waals surface area contributed by atoms with Gasteiger partial charge < -0.3 is 14.6 Å². The van der Waals surface area contributed by atoms with E-state index in [4.69, 9.17) is 0 Å². The van der Waals surface area contributed by atoms with Gasteiger partial charge in [0.15, 0.2) is 5.82 Å². The summed E-state index contributed by atoms with van der Waals surface area (Å²) in [6, 6.07) is 5.62. The molecule has 1 aromatic carbocycles. The molecule has 1 amide bonds. The third-order valence-corrected chi connectivity index (χ3v) is 5.42. The number of fused-ring (bicyclic) bond motifs is 1. The number of likely N-dealkylation sites (N-methyl/N-ethyl adjacent to an activating group) is 1. The SMILES string of the molecule is Cc1ccc(C(=O)N2C[C@@H](O)C[C@H]2c2nnc3n2CCN(C)C3)c(C)c1. The highest BCUT2D eigenvalue weighted by Gasteiger charge is 2.39. The number of aliphatic hydroxyl groups excluding tert-OH is 1. The van der Waals surface area contributed by atoms with Gasteiger partial charge in [0, 0.05) is 31.6 Å². The Hall–Kier alpha value is -2.25. The van der Waals surface area contributed by atoms with Crippen molar-refractivity contribution in [3.63, 3.8) is 0 Å². The van der Waals surface area contributed by atoms with Gasteiger partial charge in [0.05, 0.1) is 18.7 Å². The highest BCUT2D eigenvalue weighted by Crippen LogP contribution is 2.34. The molecule has 0 aliphatic carbocycles. The molecule has 1 N–H and O–H groups in total. The molecule has 7 heteroatoms. The number of nitrogens with zero attached hydrogens (tertiary/aromatic N) is 5. The number of hydrogen-bond donors (Lipinski definition) is 1. The topological polar surface area (TPSA) is 74.5 Å². The second-order valence-electron chi connectivity index (χ2n) is 7.55. The van der Waals surface area contributed by atoms with Crippen molar-refractivity contribution in [1.82, 2.24) is 24.6 Å². The summed E-state index contributed by atoms with van der Waals surface area (Å²) in [5, 5.41) is 19.0. The van der Waals surface area contributed by atoms with Crippen molar-refractivity contribution in [2.45, 2.75) is 45.5 Å². The number of carbonyl (C=O) groups is 1. The van der Waals surface area contributed by atoms with E-state index in [1.165, 1.54) is 0 Å². The summed E-state index contributed by atoms with van der Waals surface area (Å²) in [6.45, 7) is 6.80. The van der Waals surface area contributed by atoms with Crippen molar-refractivity contribution in [2.75, 3.05) is 20.1 Å². The first-order chi connectivity index (χ1) is 12.4. The van der Waals surface area contributed by atoms with E-state index >= 15 is 0 Å². The van der Waals surface area contributed by atoms with E-state index in [2.05, 4.69) is 26.7 Å². The average molecular weight is 355 g/mol. The second-order valence-corrected chi connectivity index (χ2v) is 7.55. The highest BCUT2D eigenvalue weighted by molar-refractivity contribution is 5.96. The third kappa shape index (κ3) is 2.91. The maximum atomic E-state index is 13.2. The van der Waals surface area contributed by atoms with Crippen LogP contribution in [0.4, 0.5) is 0 Å². The lowest BCUT2D eigenvalue weighted by molar-refractivity contribution is 0.0706. The van der Waals surface area contributed by atoms with Crippen LogP contribution in [-0.2, 0) is 13.1 Å². The number of likely N-dealkylation sites (tertiary alicyclic amines) is 1. The number of benzene rings is 1. The quantitative estimate of drug-likeness (QED) is 0.879. The largest absolute Gasteiger partial charge is 0.391 e. The molecule has 2 aromatic rings. The number of aryl methyl sites for hydroxylation is 2. The maximum Gasteiger partial charge on any atom is 0.254 e. The molecule has 1 aromatic heterocycles. The van der Waals surface area contributed by atoms with E-state index in [0.717, 1.165) is 42.4 Å². The molecular formula is C19H25N5O2. The number of hydrogen-bond acceptors (Lipinski definition) is 5. The van der Waals surface area contributed by atoms with Crippen molar-refractivity contribution in [1.29, 1.82) is 0 Å². The number of carbonyl (C=O) groups excluding carboxylic acids is 1. The molecule has 0 bridgehead atoms. The van der Waals surface area contributed by atoms with Crippen molar-refractivity contribution in [3.05, 3.63) is 46.5 Å². The van der Waals surface area contributed by atoms with E-state index in [0.29, 0.717) is 18.5 Å². The predicted octanol–water partition coefficient (Wildman–Crippen LogP) is 1.29. The first-order valence-electron chi connectivity index (χ1n) is 9.11. The monoisotopic (exact) mass is 355 g/mol. The summed E-state index contributed by atoms with van der Waals surface area (Å²) < 4.78 is 2.12. The molecule has 2 aliphatic rings. The lowest BCUT2D eigenvalue weighted by Gasteiger charge is -2.28. The molecule has 1 saturated heterocycles. The molecule has 26 heavy (non-hydrogen) atoms. The Morgan fingerprint density at radius 2 is 2.04 bits per heavy atom. The fraction of sp³-hybridized carbons (Fsp3) is 0.526. The van der Waals surface area contributed by atoms with Gasteiger partial charge in [-0.15, -0.1) is 10.2 Å².